The second kappa shape index (κ2) is 7.38. The van der Waals surface area contributed by atoms with E-state index in [0.717, 1.165) is 16.7 Å². The highest BCUT2D eigenvalue weighted by atomic mass is 32.2. The van der Waals surface area contributed by atoms with Gasteiger partial charge >= 0.3 is 6.09 Å². The number of halogens is 1. The lowest BCUT2D eigenvalue weighted by molar-refractivity contribution is -0.159. The maximum atomic E-state index is 15.4. The van der Waals surface area contributed by atoms with Gasteiger partial charge in [0.15, 0.2) is 19.7 Å². The van der Waals surface area contributed by atoms with Crippen LogP contribution in [0, 0.1) is 0 Å². The number of hydrogen-bond donors (Lipinski definition) is 2. The van der Waals surface area contributed by atoms with Crippen molar-refractivity contribution in [3.63, 3.8) is 0 Å². The molecule has 2 heterocycles. The third kappa shape index (κ3) is 4.09. The zero-order valence-electron chi connectivity index (χ0n) is 16.3. The summed E-state index contributed by atoms with van der Waals surface area (Å²) in [5.41, 5.74) is -0.680. The van der Waals surface area contributed by atoms with Crippen LogP contribution in [0.1, 0.15) is 27.7 Å². The molecule has 6 atom stereocenters. The Bertz CT molecular complexity index is 583. The largest absolute Gasteiger partial charge is 0.465 e. The van der Waals surface area contributed by atoms with Gasteiger partial charge in [0.05, 0.1) is 6.10 Å². The maximum Gasteiger partial charge on any atom is 0.413 e. The fourth-order valence-corrected chi connectivity index (χ4v) is 5.07. The van der Waals surface area contributed by atoms with Gasteiger partial charge in [-0.3, -0.25) is 9.89 Å². The molecule has 1 saturated heterocycles. The van der Waals surface area contributed by atoms with Crippen molar-refractivity contribution >= 4 is 31.3 Å². The second-order valence-corrected chi connectivity index (χ2v) is 14.2. The Hall–Kier alpha value is -0.683. The van der Waals surface area contributed by atoms with Crippen molar-refractivity contribution in [1.82, 2.24) is 4.90 Å². The van der Waals surface area contributed by atoms with E-state index in [1.54, 1.807) is 6.92 Å². The van der Waals surface area contributed by atoms with Gasteiger partial charge in [-0.15, -0.1) is 0 Å². The summed E-state index contributed by atoms with van der Waals surface area (Å²) < 4.78 is 27.6. The summed E-state index contributed by atoms with van der Waals surface area (Å²) >= 11 is 1.06. The molecule has 7 nitrogen and oxygen atoms in total. The molecule has 0 aliphatic carbocycles. The monoisotopic (exact) mass is 408 g/mol. The third-order valence-corrected chi connectivity index (χ3v) is 11.0. The van der Waals surface area contributed by atoms with E-state index in [1.165, 1.54) is 7.05 Å². The molecular formula is C16H29FN2O5SSi. The van der Waals surface area contributed by atoms with Gasteiger partial charge in [-0.25, -0.2) is 9.18 Å². The van der Waals surface area contributed by atoms with Gasteiger partial charge < -0.3 is 19.4 Å². The Morgan fingerprint density at radius 2 is 2.04 bits per heavy atom. The summed E-state index contributed by atoms with van der Waals surface area (Å²) in [7, 11) is -0.958. The smallest absolute Gasteiger partial charge is 0.413 e. The molecule has 0 saturated carbocycles. The Labute approximate surface area is 159 Å². The second-order valence-electron chi connectivity index (χ2n) is 8.36. The number of hydrogen-bond acceptors (Lipinski definition) is 6. The summed E-state index contributed by atoms with van der Waals surface area (Å²) in [6.07, 6.45) is -5.37. The number of thioether (sulfide) groups is 1. The minimum atomic E-state index is -2.31. The number of carboxylic acid groups (broad SMARTS) is 1. The van der Waals surface area contributed by atoms with Crippen LogP contribution < -0.4 is 0 Å². The zero-order valence-corrected chi connectivity index (χ0v) is 18.1. The molecule has 1 fully saturated rings. The van der Waals surface area contributed by atoms with Crippen LogP contribution in [0.2, 0.25) is 18.1 Å². The molecule has 2 aliphatic rings. The minimum absolute atomic E-state index is 0.130. The number of nitrogens with zero attached hydrogens (tertiary/aromatic N) is 2. The molecule has 0 aromatic heterocycles. The number of fused-ring (bicyclic) bond motifs is 1. The first kappa shape index (κ1) is 21.6. The molecule has 1 unspecified atom stereocenters. The summed E-state index contributed by atoms with van der Waals surface area (Å²) in [6, 6.07) is -0.860. The summed E-state index contributed by atoms with van der Waals surface area (Å²) in [4.78, 5) is 16.3. The summed E-state index contributed by atoms with van der Waals surface area (Å²) in [6.45, 7) is 11.7. The standard InChI is InChI=1S/C16H29FN2O5SSi/c1-8(20)11-12(24-26(6,7)16(2,3)4)9(17)10-13(23-11)25-14(18-10)19(5)15(21)22/h8-13,20H,1-7H3,(H,21,22)/t8?,9-,10-,11-,12+,13-/m1/s1. The van der Waals surface area contributed by atoms with Gasteiger partial charge in [-0.2, -0.15) is 0 Å². The minimum Gasteiger partial charge on any atom is -0.465 e. The first-order valence-corrected chi connectivity index (χ1v) is 12.4. The van der Waals surface area contributed by atoms with Crippen LogP contribution in [0.15, 0.2) is 4.99 Å². The first-order valence-electron chi connectivity index (χ1n) is 8.63. The van der Waals surface area contributed by atoms with Crippen LogP contribution in [0.4, 0.5) is 9.18 Å². The van der Waals surface area contributed by atoms with Crippen molar-refractivity contribution in [1.29, 1.82) is 0 Å². The van der Waals surface area contributed by atoms with Crippen LogP contribution in [-0.2, 0) is 9.16 Å². The lowest BCUT2D eigenvalue weighted by Gasteiger charge is -2.46. The van der Waals surface area contributed by atoms with E-state index >= 15 is 4.39 Å². The number of carbonyl (C=O) groups is 1. The fourth-order valence-electron chi connectivity index (χ4n) is 2.61. The highest BCUT2D eigenvalue weighted by Gasteiger charge is 2.54. The summed E-state index contributed by atoms with van der Waals surface area (Å²) in [5.74, 6) is 0. The molecule has 1 amide bonds. The number of aliphatic imine (C=N–C) groups is 1. The molecule has 26 heavy (non-hydrogen) atoms. The van der Waals surface area contributed by atoms with Gasteiger partial charge in [0.25, 0.3) is 0 Å². The number of aliphatic hydroxyl groups is 1. The third-order valence-electron chi connectivity index (χ3n) is 5.30. The van der Waals surface area contributed by atoms with Crippen molar-refractivity contribution < 1.29 is 28.6 Å². The van der Waals surface area contributed by atoms with Gasteiger partial charge in [0.2, 0.25) is 0 Å². The molecular weight excluding hydrogens is 379 g/mol. The first-order chi connectivity index (χ1) is 11.8. The molecule has 0 spiro atoms. The van der Waals surface area contributed by atoms with Crippen LogP contribution in [0.5, 0.6) is 0 Å². The molecule has 0 aromatic carbocycles. The van der Waals surface area contributed by atoms with E-state index in [2.05, 4.69) is 25.8 Å². The average molecular weight is 409 g/mol. The Kier molecular flexibility index (Phi) is 6.14. The zero-order chi connectivity index (χ0) is 20.0. The van der Waals surface area contributed by atoms with Crippen LogP contribution in [-0.4, -0.2) is 77.7 Å². The molecule has 0 radical (unpaired) electrons. The number of aliphatic hydroxyl groups excluding tert-OH is 1. The van der Waals surface area contributed by atoms with Crippen molar-refractivity contribution in [2.45, 2.75) is 81.8 Å². The number of ether oxygens (including phenoxy) is 1. The lowest BCUT2D eigenvalue weighted by atomic mass is 9.96. The van der Waals surface area contributed by atoms with E-state index in [1.807, 2.05) is 13.1 Å². The van der Waals surface area contributed by atoms with E-state index in [-0.39, 0.29) is 10.2 Å². The number of rotatable bonds is 3. The van der Waals surface area contributed by atoms with E-state index in [4.69, 9.17) is 14.3 Å². The fraction of sp³-hybridized carbons (Fsp3) is 0.875. The van der Waals surface area contributed by atoms with Crippen LogP contribution in [0.3, 0.4) is 0 Å². The van der Waals surface area contributed by atoms with Gasteiger partial charge in [0.1, 0.15) is 23.7 Å². The molecule has 0 aromatic rings. The number of amides is 1. The number of alkyl halides is 1. The quantitative estimate of drug-likeness (QED) is 0.698. The van der Waals surface area contributed by atoms with Gasteiger partial charge in [-0.1, -0.05) is 32.5 Å². The molecule has 2 rings (SSSR count). The lowest BCUT2D eigenvalue weighted by Crippen LogP contribution is -2.61. The maximum absolute atomic E-state index is 15.4. The van der Waals surface area contributed by atoms with Crippen molar-refractivity contribution in [3.8, 4) is 0 Å². The molecule has 2 aliphatic heterocycles. The summed E-state index contributed by atoms with van der Waals surface area (Å²) in [5, 5.41) is 19.3. The predicted molar refractivity (Wildman–Crippen MR) is 102 cm³/mol. The normalized spacial score (nSPS) is 33.4. The topological polar surface area (TPSA) is 91.6 Å². The van der Waals surface area contributed by atoms with Crippen molar-refractivity contribution in [3.05, 3.63) is 0 Å². The van der Waals surface area contributed by atoms with Crippen molar-refractivity contribution in [2.75, 3.05) is 7.05 Å². The van der Waals surface area contributed by atoms with Crippen LogP contribution >= 0.6 is 11.8 Å². The van der Waals surface area contributed by atoms with Gasteiger partial charge in [-0.05, 0) is 25.1 Å². The number of amidine groups is 1. The Morgan fingerprint density at radius 3 is 2.50 bits per heavy atom. The molecule has 10 heteroatoms. The van der Waals surface area contributed by atoms with E-state index in [9.17, 15) is 9.90 Å². The Balaban J connectivity index is 2.29. The SMILES string of the molecule is CC(O)[C@H]1O[C@@H]2SC(N(C)C(=O)O)=N[C@@H]2[C@@H](F)[C@@H]1O[Si](C)(C)C(C)(C)C. The average Bonchev–Trinajstić information content (AvgIpc) is 2.91. The predicted octanol–water partition coefficient (Wildman–Crippen LogP) is 2.90. The highest BCUT2D eigenvalue weighted by molar-refractivity contribution is 8.14. The van der Waals surface area contributed by atoms with Crippen LogP contribution in [0.25, 0.3) is 0 Å². The molecule has 2 N–H and O–H groups in total. The highest BCUT2D eigenvalue weighted by Crippen LogP contribution is 2.44. The molecule has 150 valence electrons. The van der Waals surface area contributed by atoms with E-state index < -0.39 is 50.4 Å². The van der Waals surface area contributed by atoms with Gasteiger partial charge in [0, 0.05) is 7.05 Å². The molecule has 0 bridgehead atoms. The Morgan fingerprint density at radius 1 is 1.46 bits per heavy atom. The van der Waals surface area contributed by atoms with Crippen molar-refractivity contribution in [2.24, 2.45) is 4.99 Å². The van der Waals surface area contributed by atoms with E-state index in [0.29, 0.717) is 0 Å².